The molecule has 2 aliphatic heterocycles. The number of carbonyl (C=O) groups is 2. The Hall–Kier alpha value is -2.77. The van der Waals surface area contributed by atoms with Gasteiger partial charge in [-0.3, -0.25) is 14.7 Å². The molecule has 29 heavy (non-hydrogen) atoms. The first kappa shape index (κ1) is 19.5. The highest BCUT2D eigenvalue weighted by atomic mass is 16.2. The summed E-state index contributed by atoms with van der Waals surface area (Å²) in [6.45, 7) is 9.69. The summed E-state index contributed by atoms with van der Waals surface area (Å²) in [5, 5.41) is 7.20. The van der Waals surface area contributed by atoms with Crippen LogP contribution in [-0.4, -0.2) is 54.9 Å². The molecule has 0 spiro atoms. The maximum Gasteiger partial charge on any atom is 0.274 e. The third kappa shape index (κ3) is 3.75. The highest BCUT2D eigenvalue weighted by Gasteiger charge is 2.32. The zero-order valence-corrected chi connectivity index (χ0v) is 17.5. The second-order valence-corrected chi connectivity index (χ2v) is 8.96. The number of nitrogens with one attached hydrogen (secondary N) is 1. The average Bonchev–Trinajstić information content (AvgIpc) is 3.36. The number of rotatable bonds is 2. The lowest BCUT2D eigenvalue weighted by atomic mass is 9.92. The molecular formula is C21H28N6O2. The van der Waals surface area contributed by atoms with Crippen molar-refractivity contribution in [2.24, 2.45) is 0 Å². The predicted molar refractivity (Wildman–Crippen MR) is 107 cm³/mol. The van der Waals surface area contributed by atoms with Gasteiger partial charge in [0.1, 0.15) is 5.69 Å². The molecule has 8 nitrogen and oxygen atoms in total. The van der Waals surface area contributed by atoms with Crippen molar-refractivity contribution < 1.29 is 9.59 Å². The number of amides is 2. The molecular weight excluding hydrogens is 368 g/mol. The Kier molecular flexibility index (Phi) is 4.88. The van der Waals surface area contributed by atoms with Crippen LogP contribution in [0, 0.1) is 0 Å². The van der Waals surface area contributed by atoms with Crippen molar-refractivity contribution in [2.75, 3.05) is 13.1 Å². The Labute approximate surface area is 170 Å². The summed E-state index contributed by atoms with van der Waals surface area (Å²) in [7, 11) is 0. The summed E-state index contributed by atoms with van der Waals surface area (Å²) in [5.74, 6) is 0.711. The predicted octanol–water partition coefficient (Wildman–Crippen LogP) is 2.38. The maximum absolute atomic E-state index is 12.9. The monoisotopic (exact) mass is 396 g/mol. The molecule has 0 saturated carbocycles. The van der Waals surface area contributed by atoms with E-state index >= 15 is 0 Å². The first-order valence-corrected chi connectivity index (χ1v) is 10.2. The van der Waals surface area contributed by atoms with Crippen molar-refractivity contribution in [3.63, 3.8) is 0 Å². The van der Waals surface area contributed by atoms with Crippen molar-refractivity contribution >= 4 is 11.8 Å². The van der Waals surface area contributed by atoms with Gasteiger partial charge in [0.25, 0.3) is 5.91 Å². The second kappa shape index (κ2) is 7.24. The van der Waals surface area contributed by atoms with Crippen molar-refractivity contribution in [3.05, 3.63) is 40.7 Å². The molecule has 2 amide bonds. The molecule has 0 radical (unpaired) electrons. The van der Waals surface area contributed by atoms with Gasteiger partial charge in [0.05, 0.1) is 11.7 Å². The van der Waals surface area contributed by atoms with Crippen LogP contribution in [-0.2, 0) is 23.2 Å². The van der Waals surface area contributed by atoms with E-state index in [0.29, 0.717) is 25.2 Å². The van der Waals surface area contributed by atoms with E-state index < -0.39 is 0 Å². The third-order valence-electron chi connectivity index (χ3n) is 5.80. The fraction of sp³-hybridized carbons (Fsp3) is 0.571. The topological polar surface area (TPSA) is 95.1 Å². The van der Waals surface area contributed by atoms with E-state index in [-0.39, 0.29) is 23.3 Å². The molecule has 1 fully saturated rings. The van der Waals surface area contributed by atoms with Crippen LogP contribution in [0.25, 0.3) is 0 Å². The van der Waals surface area contributed by atoms with Gasteiger partial charge < -0.3 is 9.80 Å². The zero-order valence-electron chi connectivity index (χ0n) is 17.5. The van der Waals surface area contributed by atoms with E-state index in [1.54, 1.807) is 11.8 Å². The van der Waals surface area contributed by atoms with Gasteiger partial charge in [-0.2, -0.15) is 5.10 Å². The van der Waals surface area contributed by atoms with E-state index in [9.17, 15) is 9.59 Å². The lowest BCUT2D eigenvalue weighted by Gasteiger charge is -2.29. The van der Waals surface area contributed by atoms with Crippen LogP contribution < -0.4 is 0 Å². The van der Waals surface area contributed by atoms with Gasteiger partial charge in [-0.25, -0.2) is 9.97 Å². The van der Waals surface area contributed by atoms with Crippen LogP contribution in [0.15, 0.2) is 12.3 Å². The Bertz CT molecular complexity index is 945. The molecule has 1 N–H and O–H groups in total. The number of aromatic amines is 1. The number of hydrogen-bond donors (Lipinski definition) is 1. The summed E-state index contributed by atoms with van der Waals surface area (Å²) in [4.78, 5) is 37.7. The summed E-state index contributed by atoms with van der Waals surface area (Å²) in [6, 6.07) is 1.81. The fourth-order valence-corrected chi connectivity index (χ4v) is 4.06. The van der Waals surface area contributed by atoms with Gasteiger partial charge >= 0.3 is 0 Å². The molecule has 0 aromatic carbocycles. The smallest absolute Gasteiger partial charge is 0.274 e. The standard InChI is InChI=1S/C21H28N6O2/c1-13(28)27-8-5-6-17(27)19-22-11-14-12-26(9-7-15(14)23-19)20(29)16-10-18(25-24-16)21(2,3)4/h10-11,17H,5-9,12H2,1-4H3,(H,24,25)/t17-/m0/s1. The van der Waals surface area contributed by atoms with E-state index in [2.05, 4.69) is 36.0 Å². The Morgan fingerprint density at radius 2 is 2.03 bits per heavy atom. The normalized spacial score (nSPS) is 19.4. The van der Waals surface area contributed by atoms with Gasteiger partial charge in [-0.15, -0.1) is 0 Å². The largest absolute Gasteiger partial charge is 0.333 e. The molecule has 2 aliphatic rings. The van der Waals surface area contributed by atoms with Crippen molar-refractivity contribution in [2.45, 2.75) is 65.0 Å². The van der Waals surface area contributed by atoms with Crippen LogP contribution in [0.5, 0.6) is 0 Å². The summed E-state index contributed by atoms with van der Waals surface area (Å²) >= 11 is 0. The minimum absolute atomic E-state index is 0.0302. The summed E-state index contributed by atoms with van der Waals surface area (Å²) in [6.07, 6.45) is 4.38. The van der Waals surface area contributed by atoms with Gasteiger partial charge in [0.2, 0.25) is 5.91 Å². The molecule has 2 aromatic rings. The van der Waals surface area contributed by atoms with Crippen LogP contribution in [0.2, 0.25) is 0 Å². The van der Waals surface area contributed by atoms with Crippen molar-refractivity contribution in [1.82, 2.24) is 30.0 Å². The number of fused-ring (bicyclic) bond motifs is 1. The zero-order chi connectivity index (χ0) is 20.8. The molecule has 2 aromatic heterocycles. The fourth-order valence-electron chi connectivity index (χ4n) is 4.06. The highest BCUT2D eigenvalue weighted by Crippen LogP contribution is 2.31. The lowest BCUT2D eigenvalue weighted by molar-refractivity contribution is -0.129. The number of hydrogen-bond acceptors (Lipinski definition) is 5. The minimum atomic E-state index is -0.0851. The molecule has 0 unspecified atom stereocenters. The van der Waals surface area contributed by atoms with Crippen LogP contribution in [0.4, 0.5) is 0 Å². The van der Waals surface area contributed by atoms with Gasteiger partial charge in [-0.1, -0.05) is 20.8 Å². The van der Waals surface area contributed by atoms with Gasteiger partial charge in [0.15, 0.2) is 5.82 Å². The van der Waals surface area contributed by atoms with Crippen molar-refractivity contribution in [1.29, 1.82) is 0 Å². The molecule has 1 saturated heterocycles. The Morgan fingerprint density at radius 1 is 1.24 bits per heavy atom. The number of aromatic nitrogens is 4. The minimum Gasteiger partial charge on any atom is -0.333 e. The first-order valence-electron chi connectivity index (χ1n) is 10.2. The Morgan fingerprint density at radius 3 is 2.72 bits per heavy atom. The SMILES string of the molecule is CC(=O)N1CCC[C@H]1c1ncc2c(n1)CCN(C(=O)c1cc(C(C)(C)C)[nH]n1)C2. The molecule has 4 heterocycles. The summed E-state index contributed by atoms with van der Waals surface area (Å²) < 4.78 is 0. The molecule has 4 rings (SSSR count). The number of nitrogens with zero attached hydrogens (tertiary/aromatic N) is 5. The van der Waals surface area contributed by atoms with E-state index in [0.717, 1.165) is 42.2 Å². The Balaban J connectivity index is 1.50. The lowest BCUT2D eigenvalue weighted by Crippen LogP contribution is -2.37. The van der Waals surface area contributed by atoms with Gasteiger partial charge in [0, 0.05) is 55.8 Å². The maximum atomic E-state index is 12.9. The average molecular weight is 396 g/mol. The van der Waals surface area contributed by atoms with Crippen LogP contribution >= 0.6 is 0 Å². The van der Waals surface area contributed by atoms with Crippen LogP contribution in [0.1, 0.15) is 79.8 Å². The molecule has 154 valence electrons. The number of carbonyl (C=O) groups excluding carboxylic acids is 2. The third-order valence-corrected chi connectivity index (χ3v) is 5.80. The molecule has 1 atom stereocenters. The molecule has 0 aliphatic carbocycles. The van der Waals surface area contributed by atoms with E-state index in [1.807, 2.05) is 17.2 Å². The second-order valence-electron chi connectivity index (χ2n) is 8.96. The number of likely N-dealkylation sites (tertiary alicyclic amines) is 1. The molecule has 8 heteroatoms. The highest BCUT2D eigenvalue weighted by molar-refractivity contribution is 5.92. The quantitative estimate of drug-likeness (QED) is 0.841. The van der Waals surface area contributed by atoms with Crippen LogP contribution in [0.3, 0.4) is 0 Å². The van der Waals surface area contributed by atoms with Gasteiger partial charge in [-0.05, 0) is 18.9 Å². The molecule has 0 bridgehead atoms. The summed E-state index contributed by atoms with van der Waals surface area (Å²) in [5.41, 5.74) is 3.24. The van der Waals surface area contributed by atoms with E-state index in [4.69, 9.17) is 4.98 Å². The van der Waals surface area contributed by atoms with E-state index in [1.165, 1.54) is 0 Å². The number of H-pyrrole nitrogens is 1. The first-order chi connectivity index (χ1) is 13.7. The van der Waals surface area contributed by atoms with Crippen molar-refractivity contribution in [3.8, 4) is 0 Å².